The van der Waals surface area contributed by atoms with E-state index in [0.717, 1.165) is 24.5 Å². The maximum Gasteiger partial charge on any atom is 0.163 e. The average molecular weight is 249 g/mol. The fourth-order valence-electron chi connectivity index (χ4n) is 2.74. The van der Waals surface area contributed by atoms with Crippen LogP contribution in [0, 0.1) is 13.8 Å². The molecule has 0 aromatic heterocycles. The molecule has 1 unspecified atom stereocenters. The van der Waals surface area contributed by atoms with E-state index in [-0.39, 0.29) is 0 Å². The molecule has 18 heavy (non-hydrogen) atoms. The maximum absolute atomic E-state index is 5.43. The van der Waals surface area contributed by atoms with Crippen molar-refractivity contribution in [1.29, 1.82) is 0 Å². The molecule has 1 N–H and O–H groups in total. The average Bonchev–Trinajstić information content (AvgIpc) is 2.87. The quantitative estimate of drug-likeness (QED) is 0.889. The first kappa shape index (κ1) is 13.2. The van der Waals surface area contributed by atoms with Crippen molar-refractivity contribution in [1.82, 2.24) is 5.32 Å². The lowest BCUT2D eigenvalue weighted by molar-refractivity contribution is 0.352. The van der Waals surface area contributed by atoms with Gasteiger partial charge in [0, 0.05) is 6.04 Å². The monoisotopic (exact) mass is 249 g/mol. The van der Waals surface area contributed by atoms with Gasteiger partial charge in [-0.1, -0.05) is 0 Å². The minimum Gasteiger partial charge on any atom is -0.493 e. The first-order valence-corrected chi connectivity index (χ1v) is 6.61. The Bertz CT molecular complexity index is 423. The molecular formula is C15H23NO2. The predicted octanol–water partition coefficient (Wildman–Crippen LogP) is 2.62. The molecule has 0 bridgehead atoms. The van der Waals surface area contributed by atoms with Crippen LogP contribution in [0.3, 0.4) is 0 Å². The molecule has 2 rings (SSSR count). The zero-order valence-electron chi connectivity index (χ0n) is 11.8. The Labute approximate surface area is 109 Å². The van der Waals surface area contributed by atoms with E-state index in [4.69, 9.17) is 9.47 Å². The smallest absolute Gasteiger partial charge is 0.163 e. The largest absolute Gasteiger partial charge is 0.493 e. The third kappa shape index (κ3) is 2.46. The maximum atomic E-state index is 5.43. The molecule has 0 aliphatic carbocycles. The van der Waals surface area contributed by atoms with Crippen LogP contribution in [0.4, 0.5) is 0 Å². The van der Waals surface area contributed by atoms with Gasteiger partial charge in [0.05, 0.1) is 14.2 Å². The predicted molar refractivity (Wildman–Crippen MR) is 73.7 cm³/mol. The van der Waals surface area contributed by atoms with Gasteiger partial charge in [0.15, 0.2) is 11.5 Å². The minimum absolute atomic E-state index is 0.612. The summed E-state index contributed by atoms with van der Waals surface area (Å²) in [6.45, 7) is 5.42. The van der Waals surface area contributed by atoms with Gasteiger partial charge < -0.3 is 14.8 Å². The number of hydrogen-bond donors (Lipinski definition) is 1. The van der Waals surface area contributed by atoms with Gasteiger partial charge in [-0.05, 0) is 62.4 Å². The van der Waals surface area contributed by atoms with Gasteiger partial charge in [0.25, 0.3) is 0 Å². The van der Waals surface area contributed by atoms with E-state index in [0.29, 0.717) is 6.04 Å². The van der Waals surface area contributed by atoms with Crippen LogP contribution in [-0.2, 0) is 6.42 Å². The molecule has 1 aliphatic heterocycles. The topological polar surface area (TPSA) is 30.5 Å². The highest BCUT2D eigenvalue weighted by atomic mass is 16.5. The van der Waals surface area contributed by atoms with Crippen molar-refractivity contribution in [2.75, 3.05) is 20.8 Å². The molecule has 0 saturated carbocycles. The van der Waals surface area contributed by atoms with Crippen molar-refractivity contribution in [2.24, 2.45) is 0 Å². The lowest BCUT2D eigenvalue weighted by Crippen LogP contribution is -2.24. The molecule has 3 heteroatoms. The second-order valence-electron chi connectivity index (χ2n) is 5.02. The van der Waals surface area contributed by atoms with Crippen molar-refractivity contribution in [2.45, 2.75) is 39.2 Å². The van der Waals surface area contributed by atoms with Crippen LogP contribution in [0.15, 0.2) is 6.07 Å². The fourth-order valence-corrected chi connectivity index (χ4v) is 2.74. The Morgan fingerprint density at radius 3 is 2.56 bits per heavy atom. The number of hydrogen-bond acceptors (Lipinski definition) is 3. The summed E-state index contributed by atoms with van der Waals surface area (Å²) in [5.41, 5.74) is 3.87. The molecule has 0 radical (unpaired) electrons. The fraction of sp³-hybridized carbons (Fsp3) is 0.600. The standard InChI is InChI=1S/C15H23NO2/c1-10-11(2)15(18-4)14(17-3)9-12(10)8-13-6-5-7-16-13/h9,13,16H,5-8H2,1-4H3. The van der Waals surface area contributed by atoms with Crippen molar-refractivity contribution < 1.29 is 9.47 Å². The second kappa shape index (κ2) is 5.61. The molecule has 1 aromatic rings. The van der Waals surface area contributed by atoms with Gasteiger partial charge in [0.2, 0.25) is 0 Å². The Kier molecular flexibility index (Phi) is 4.12. The van der Waals surface area contributed by atoms with E-state index >= 15 is 0 Å². The summed E-state index contributed by atoms with van der Waals surface area (Å²) < 4.78 is 10.9. The van der Waals surface area contributed by atoms with E-state index in [9.17, 15) is 0 Å². The molecule has 0 amide bonds. The van der Waals surface area contributed by atoms with Gasteiger partial charge >= 0.3 is 0 Å². The van der Waals surface area contributed by atoms with Gasteiger partial charge in [-0.25, -0.2) is 0 Å². The first-order chi connectivity index (χ1) is 8.67. The lowest BCUT2D eigenvalue weighted by Gasteiger charge is -2.18. The zero-order chi connectivity index (χ0) is 13.1. The Morgan fingerprint density at radius 2 is 2.00 bits per heavy atom. The summed E-state index contributed by atoms with van der Waals surface area (Å²) in [7, 11) is 3.40. The van der Waals surface area contributed by atoms with Gasteiger partial charge in [-0.3, -0.25) is 0 Å². The number of benzene rings is 1. The van der Waals surface area contributed by atoms with Crippen molar-refractivity contribution >= 4 is 0 Å². The molecule has 0 spiro atoms. The Balaban J connectivity index is 2.32. The molecule has 1 atom stereocenters. The number of rotatable bonds is 4. The SMILES string of the molecule is COc1cc(CC2CCCN2)c(C)c(C)c1OC. The van der Waals surface area contributed by atoms with Crippen LogP contribution < -0.4 is 14.8 Å². The molecule has 3 nitrogen and oxygen atoms in total. The van der Waals surface area contributed by atoms with Crippen LogP contribution in [0.5, 0.6) is 11.5 Å². The van der Waals surface area contributed by atoms with Crippen LogP contribution in [0.25, 0.3) is 0 Å². The molecule has 100 valence electrons. The second-order valence-corrected chi connectivity index (χ2v) is 5.02. The van der Waals surface area contributed by atoms with E-state index in [1.165, 1.54) is 29.5 Å². The normalized spacial score (nSPS) is 19.0. The third-order valence-electron chi connectivity index (χ3n) is 3.97. The van der Waals surface area contributed by atoms with E-state index in [1.54, 1.807) is 14.2 Å². The van der Waals surface area contributed by atoms with Crippen LogP contribution in [-0.4, -0.2) is 26.8 Å². The molecular weight excluding hydrogens is 226 g/mol. The van der Waals surface area contributed by atoms with E-state index < -0.39 is 0 Å². The van der Waals surface area contributed by atoms with Crippen molar-refractivity contribution in [3.63, 3.8) is 0 Å². The van der Waals surface area contributed by atoms with Crippen LogP contribution in [0.1, 0.15) is 29.5 Å². The van der Waals surface area contributed by atoms with Crippen molar-refractivity contribution in [3.05, 3.63) is 22.8 Å². The van der Waals surface area contributed by atoms with Gasteiger partial charge in [-0.2, -0.15) is 0 Å². The molecule has 1 fully saturated rings. The first-order valence-electron chi connectivity index (χ1n) is 6.61. The summed E-state index contributed by atoms with van der Waals surface area (Å²) in [5, 5.41) is 3.55. The zero-order valence-corrected chi connectivity index (χ0v) is 11.8. The van der Waals surface area contributed by atoms with E-state index in [2.05, 4.69) is 25.2 Å². The van der Waals surface area contributed by atoms with Crippen LogP contribution in [0.2, 0.25) is 0 Å². The number of methoxy groups -OCH3 is 2. The molecule has 1 heterocycles. The summed E-state index contributed by atoms with van der Waals surface area (Å²) >= 11 is 0. The lowest BCUT2D eigenvalue weighted by atomic mass is 9.95. The highest BCUT2D eigenvalue weighted by molar-refractivity contribution is 5.53. The summed E-state index contributed by atoms with van der Waals surface area (Å²) in [5.74, 6) is 1.70. The summed E-state index contributed by atoms with van der Waals surface area (Å²) in [6, 6.07) is 2.74. The van der Waals surface area contributed by atoms with Crippen LogP contribution >= 0.6 is 0 Å². The van der Waals surface area contributed by atoms with E-state index in [1.807, 2.05) is 0 Å². The summed E-state index contributed by atoms with van der Waals surface area (Å²) in [6.07, 6.45) is 3.63. The number of nitrogens with one attached hydrogen (secondary N) is 1. The molecule has 1 aliphatic rings. The van der Waals surface area contributed by atoms with Gasteiger partial charge in [0.1, 0.15) is 0 Å². The highest BCUT2D eigenvalue weighted by Crippen LogP contribution is 2.35. The summed E-state index contributed by atoms with van der Waals surface area (Å²) in [4.78, 5) is 0. The minimum atomic E-state index is 0.612. The Morgan fingerprint density at radius 1 is 1.22 bits per heavy atom. The molecule has 1 saturated heterocycles. The highest BCUT2D eigenvalue weighted by Gasteiger charge is 2.19. The Hall–Kier alpha value is -1.22. The van der Waals surface area contributed by atoms with Crippen molar-refractivity contribution in [3.8, 4) is 11.5 Å². The van der Waals surface area contributed by atoms with Gasteiger partial charge in [-0.15, -0.1) is 0 Å². The number of ether oxygens (including phenoxy) is 2. The molecule has 1 aromatic carbocycles. The third-order valence-corrected chi connectivity index (χ3v) is 3.97.